The largest absolute Gasteiger partial charge is 0.376 e. The minimum absolute atomic E-state index is 0.279. The smallest absolute Gasteiger partial charge is 0.119 e. The first-order valence-corrected chi connectivity index (χ1v) is 6.42. The first-order chi connectivity index (χ1) is 7.65. The van der Waals surface area contributed by atoms with Gasteiger partial charge < -0.3 is 9.47 Å². The molecule has 1 aliphatic heterocycles. The molecule has 0 amide bonds. The Hall–Kier alpha value is -0.380. The van der Waals surface area contributed by atoms with Gasteiger partial charge in [-0.3, -0.25) is 0 Å². The van der Waals surface area contributed by atoms with Crippen molar-refractivity contribution in [1.29, 1.82) is 0 Å². The molecule has 0 spiro atoms. The molecule has 0 aliphatic carbocycles. The second-order valence-corrected chi connectivity index (χ2v) is 5.37. The third kappa shape index (κ3) is 2.17. The van der Waals surface area contributed by atoms with Crippen molar-refractivity contribution < 1.29 is 9.47 Å². The van der Waals surface area contributed by atoms with Crippen molar-refractivity contribution in [3.05, 3.63) is 34.3 Å². The lowest BCUT2D eigenvalue weighted by molar-refractivity contribution is -0.184. The van der Waals surface area contributed by atoms with Crippen LogP contribution in [0, 0.1) is 5.92 Å². The molecule has 0 N–H and O–H groups in total. The van der Waals surface area contributed by atoms with Crippen LogP contribution >= 0.6 is 15.9 Å². The van der Waals surface area contributed by atoms with Gasteiger partial charge >= 0.3 is 0 Å². The van der Waals surface area contributed by atoms with Crippen molar-refractivity contribution in [2.24, 2.45) is 5.92 Å². The molecule has 88 valence electrons. The molecule has 1 heterocycles. The van der Waals surface area contributed by atoms with E-state index in [-0.39, 0.29) is 5.60 Å². The van der Waals surface area contributed by atoms with E-state index in [9.17, 15) is 0 Å². The summed E-state index contributed by atoms with van der Waals surface area (Å²) in [6.45, 7) is 6.37. The van der Waals surface area contributed by atoms with Crippen LogP contribution in [0.15, 0.2) is 28.7 Å². The Morgan fingerprint density at radius 3 is 2.38 bits per heavy atom. The van der Waals surface area contributed by atoms with Crippen LogP contribution in [-0.4, -0.2) is 19.8 Å². The predicted octanol–water partition coefficient (Wildman–Crippen LogP) is 3.35. The molecule has 1 atom stereocenters. The molecular weight excluding hydrogens is 268 g/mol. The highest BCUT2D eigenvalue weighted by atomic mass is 79.9. The molecule has 0 saturated carbocycles. The van der Waals surface area contributed by atoms with E-state index in [1.54, 1.807) is 0 Å². The molecule has 16 heavy (non-hydrogen) atoms. The molecule has 1 unspecified atom stereocenters. The first-order valence-electron chi connectivity index (χ1n) is 5.63. The second kappa shape index (κ2) is 4.86. The minimum atomic E-state index is -0.279. The summed E-state index contributed by atoms with van der Waals surface area (Å²) >= 11 is 3.45. The number of halogens is 1. The van der Waals surface area contributed by atoms with Crippen molar-refractivity contribution in [2.45, 2.75) is 19.4 Å². The zero-order valence-corrected chi connectivity index (χ0v) is 11.3. The van der Waals surface area contributed by atoms with Crippen LogP contribution in [0.5, 0.6) is 0 Å². The van der Waals surface area contributed by atoms with Gasteiger partial charge in [-0.05, 0) is 23.6 Å². The number of benzene rings is 1. The number of rotatable bonds is 2. The first kappa shape index (κ1) is 12.1. The summed E-state index contributed by atoms with van der Waals surface area (Å²) < 4.78 is 12.7. The van der Waals surface area contributed by atoms with Gasteiger partial charge in [0.2, 0.25) is 0 Å². The molecule has 0 bridgehead atoms. The summed E-state index contributed by atoms with van der Waals surface area (Å²) in [5, 5.41) is 0. The topological polar surface area (TPSA) is 18.5 Å². The number of hydrogen-bond acceptors (Lipinski definition) is 2. The van der Waals surface area contributed by atoms with E-state index in [2.05, 4.69) is 54.0 Å². The zero-order chi connectivity index (χ0) is 11.6. The highest BCUT2D eigenvalue weighted by Gasteiger charge is 2.39. The Bertz CT molecular complexity index is 339. The van der Waals surface area contributed by atoms with Crippen molar-refractivity contribution >= 4 is 15.9 Å². The fourth-order valence-electron chi connectivity index (χ4n) is 2.11. The monoisotopic (exact) mass is 284 g/mol. The molecule has 1 fully saturated rings. The van der Waals surface area contributed by atoms with E-state index >= 15 is 0 Å². The van der Waals surface area contributed by atoms with Crippen molar-refractivity contribution in [3.63, 3.8) is 0 Å². The van der Waals surface area contributed by atoms with E-state index in [0.29, 0.717) is 25.7 Å². The quantitative estimate of drug-likeness (QED) is 0.829. The van der Waals surface area contributed by atoms with Crippen LogP contribution in [0.1, 0.15) is 19.4 Å². The van der Waals surface area contributed by atoms with Crippen LogP contribution < -0.4 is 0 Å². The highest BCUT2D eigenvalue weighted by Crippen LogP contribution is 2.36. The Labute approximate surface area is 105 Å². The third-order valence-corrected chi connectivity index (χ3v) is 3.70. The van der Waals surface area contributed by atoms with E-state index in [4.69, 9.17) is 9.47 Å². The maximum absolute atomic E-state index is 6.01. The second-order valence-electron chi connectivity index (χ2n) is 4.45. The Morgan fingerprint density at radius 2 is 1.88 bits per heavy atom. The van der Waals surface area contributed by atoms with Gasteiger partial charge in [-0.2, -0.15) is 0 Å². The normalized spacial score (nSPS) is 26.0. The molecule has 1 aromatic rings. The van der Waals surface area contributed by atoms with Gasteiger partial charge in [0.25, 0.3) is 0 Å². The van der Waals surface area contributed by atoms with Gasteiger partial charge in [-0.1, -0.05) is 41.9 Å². The van der Waals surface area contributed by atoms with Crippen molar-refractivity contribution in [2.75, 3.05) is 19.8 Å². The average molecular weight is 285 g/mol. The third-order valence-electron chi connectivity index (χ3n) is 3.17. The maximum atomic E-state index is 6.01. The van der Waals surface area contributed by atoms with Crippen LogP contribution in [0.25, 0.3) is 0 Å². The molecule has 1 aromatic carbocycles. The molecule has 3 heteroatoms. The molecule has 2 rings (SSSR count). The molecule has 1 aliphatic rings. The van der Waals surface area contributed by atoms with Gasteiger partial charge in [0.1, 0.15) is 5.60 Å². The van der Waals surface area contributed by atoms with Crippen molar-refractivity contribution in [3.8, 4) is 0 Å². The molecular formula is C13H17BrO2. The van der Waals surface area contributed by atoms with Gasteiger partial charge in [-0.15, -0.1) is 0 Å². The lowest BCUT2D eigenvalue weighted by Gasteiger charge is -2.40. The Morgan fingerprint density at radius 1 is 1.19 bits per heavy atom. The molecule has 2 nitrogen and oxygen atoms in total. The molecule has 0 radical (unpaired) electrons. The summed E-state index contributed by atoms with van der Waals surface area (Å²) in [7, 11) is 0. The fourth-order valence-corrected chi connectivity index (χ4v) is 2.38. The highest BCUT2D eigenvalue weighted by molar-refractivity contribution is 9.10. The zero-order valence-electron chi connectivity index (χ0n) is 9.70. The van der Waals surface area contributed by atoms with Crippen molar-refractivity contribution in [1.82, 2.24) is 0 Å². The number of hydrogen-bond donors (Lipinski definition) is 0. The summed E-state index contributed by atoms with van der Waals surface area (Å²) in [5.41, 5.74) is 0.921. The van der Waals surface area contributed by atoms with Crippen LogP contribution in [0.2, 0.25) is 0 Å². The predicted molar refractivity (Wildman–Crippen MR) is 67.4 cm³/mol. The standard InChI is InChI=1S/C13H17BrO2/c1-10(2)13(9-15-7-8-16-13)11-3-5-12(14)6-4-11/h3-6,10H,7-9H2,1-2H3. The van der Waals surface area contributed by atoms with Crippen LogP contribution in [0.4, 0.5) is 0 Å². The van der Waals surface area contributed by atoms with Gasteiger partial charge in [0.15, 0.2) is 0 Å². The summed E-state index contributed by atoms with van der Waals surface area (Å²) in [4.78, 5) is 0. The van der Waals surface area contributed by atoms with E-state index < -0.39 is 0 Å². The Balaban J connectivity index is 2.34. The lowest BCUT2D eigenvalue weighted by atomic mass is 9.83. The van der Waals surface area contributed by atoms with Crippen LogP contribution in [0.3, 0.4) is 0 Å². The summed E-state index contributed by atoms with van der Waals surface area (Å²) in [6.07, 6.45) is 0. The van der Waals surface area contributed by atoms with E-state index in [0.717, 1.165) is 4.47 Å². The van der Waals surface area contributed by atoms with E-state index in [1.165, 1.54) is 5.56 Å². The number of ether oxygens (including phenoxy) is 2. The Kier molecular flexibility index (Phi) is 3.67. The van der Waals surface area contributed by atoms with Crippen LogP contribution in [-0.2, 0) is 15.1 Å². The molecule has 0 aromatic heterocycles. The van der Waals surface area contributed by atoms with Gasteiger partial charge in [-0.25, -0.2) is 0 Å². The summed E-state index contributed by atoms with van der Waals surface area (Å²) in [5.74, 6) is 0.397. The summed E-state index contributed by atoms with van der Waals surface area (Å²) in [6, 6.07) is 8.33. The fraction of sp³-hybridized carbons (Fsp3) is 0.538. The van der Waals surface area contributed by atoms with Gasteiger partial charge in [0.05, 0.1) is 19.8 Å². The minimum Gasteiger partial charge on any atom is -0.376 e. The SMILES string of the molecule is CC(C)C1(c2ccc(Br)cc2)COCCO1. The van der Waals surface area contributed by atoms with E-state index in [1.807, 2.05) is 0 Å². The molecule has 1 saturated heterocycles. The van der Waals surface area contributed by atoms with Gasteiger partial charge in [0, 0.05) is 4.47 Å². The maximum Gasteiger partial charge on any atom is 0.119 e. The lowest BCUT2D eigenvalue weighted by Crippen LogP contribution is -2.44. The average Bonchev–Trinajstić information content (AvgIpc) is 2.30.